The van der Waals surface area contributed by atoms with Gasteiger partial charge in [-0.1, -0.05) is 6.07 Å². The smallest absolute Gasteiger partial charge is 0.227 e. The van der Waals surface area contributed by atoms with Gasteiger partial charge in [-0.25, -0.2) is 0 Å². The minimum atomic E-state index is -0.336. The van der Waals surface area contributed by atoms with Crippen molar-refractivity contribution in [3.05, 3.63) is 34.9 Å². The Balaban J connectivity index is 1.93. The van der Waals surface area contributed by atoms with E-state index >= 15 is 0 Å². The second kappa shape index (κ2) is 4.65. The fourth-order valence-electron chi connectivity index (χ4n) is 4.35. The summed E-state index contributed by atoms with van der Waals surface area (Å²) in [4.78, 5) is 21.3. The zero-order valence-electron chi connectivity index (χ0n) is 12.6. The molecule has 1 amide bonds. The molecule has 3 heterocycles. The first-order valence-corrected chi connectivity index (χ1v) is 7.71. The molecule has 112 valence electrons. The molecule has 3 aliphatic rings. The van der Waals surface area contributed by atoms with E-state index in [1.54, 1.807) is 0 Å². The van der Waals surface area contributed by atoms with Crippen molar-refractivity contribution in [3.8, 4) is 6.07 Å². The summed E-state index contributed by atoms with van der Waals surface area (Å²) in [6.45, 7) is 1.75. The van der Waals surface area contributed by atoms with E-state index in [9.17, 15) is 4.79 Å². The minimum absolute atomic E-state index is 0.129. The molecule has 0 aliphatic carbocycles. The molecule has 0 bridgehead atoms. The van der Waals surface area contributed by atoms with Gasteiger partial charge in [-0.05, 0) is 36.1 Å². The summed E-state index contributed by atoms with van der Waals surface area (Å²) in [5.41, 5.74) is 2.48. The average Bonchev–Trinajstić information content (AvgIpc) is 3.02. The molecule has 5 nitrogen and oxygen atoms in total. The van der Waals surface area contributed by atoms with Gasteiger partial charge >= 0.3 is 0 Å². The number of piperidine rings is 1. The van der Waals surface area contributed by atoms with Crippen molar-refractivity contribution in [1.82, 2.24) is 9.80 Å². The Hall–Kier alpha value is -2.19. The van der Waals surface area contributed by atoms with E-state index in [2.05, 4.69) is 16.0 Å². The van der Waals surface area contributed by atoms with Crippen LogP contribution in [0.1, 0.15) is 29.5 Å². The summed E-state index contributed by atoms with van der Waals surface area (Å²) in [5, 5.41) is 9.13. The predicted molar refractivity (Wildman–Crippen MR) is 82.4 cm³/mol. The van der Waals surface area contributed by atoms with Crippen molar-refractivity contribution in [2.75, 3.05) is 20.3 Å². The lowest BCUT2D eigenvalue weighted by molar-refractivity contribution is -0.141. The number of carbonyl (C=O) groups excluding carboxylic acids is 1. The first kappa shape index (κ1) is 13.5. The topological polar surface area (TPSA) is 59.7 Å². The zero-order valence-corrected chi connectivity index (χ0v) is 12.6. The van der Waals surface area contributed by atoms with Gasteiger partial charge in [0.05, 0.1) is 36.3 Å². The van der Waals surface area contributed by atoms with Crippen molar-refractivity contribution < 1.29 is 4.79 Å². The number of benzene rings is 1. The predicted octanol–water partition coefficient (Wildman–Crippen LogP) is 1.27. The fraction of sp³-hybridized carbons (Fsp3) is 0.471. The van der Waals surface area contributed by atoms with Crippen LogP contribution in [-0.4, -0.2) is 48.2 Å². The molecule has 1 spiro atoms. The van der Waals surface area contributed by atoms with Crippen molar-refractivity contribution >= 4 is 12.1 Å². The number of nitriles is 1. The molecule has 0 aromatic heterocycles. The summed E-state index contributed by atoms with van der Waals surface area (Å²) < 4.78 is 0. The van der Waals surface area contributed by atoms with Crippen LogP contribution in [0.4, 0.5) is 0 Å². The normalized spacial score (nSPS) is 30.3. The lowest BCUT2D eigenvalue weighted by Crippen LogP contribution is -2.64. The van der Waals surface area contributed by atoms with Crippen LogP contribution in [0.2, 0.25) is 0 Å². The number of hydrogen-bond donors (Lipinski definition) is 0. The number of aliphatic imine (C=N–C) groups is 1. The monoisotopic (exact) mass is 294 g/mol. The highest BCUT2D eigenvalue weighted by Gasteiger charge is 2.53. The second-order valence-corrected chi connectivity index (χ2v) is 6.37. The van der Waals surface area contributed by atoms with Crippen LogP contribution >= 0.6 is 0 Å². The molecule has 0 N–H and O–H groups in total. The number of amides is 1. The summed E-state index contributed by atoms with van der Waals surface area (Å²) in [6.07, 6.45) is 4.39. The number of carbonyl (C=O) groups is 1. The molecular formula is C17H18N4O. The first-order valence-electron chi connectivity index (χ1n) is 7.71. The lowest BCUT2D eigenvalue weighted by Gasteiger charge is -2.54. The van der Waals surface area contributed by atoms with Gasteiger partial charge in [0.1, 0.15) is 0 Å². The van der Waals surface area contributed by atoms with Crippen LogP contribution in [0.3, 0.4) is 0 Å². The van der Waals surface area contributed by atoms with Crippen LogP contribution in [0.25, 0.3) is 0 Å². The largest absolute Gasteiger partial charge is 0.334 e. The Bertz CT molecular complexity index is 720. The summed E-state index contributed by atoms with van der Waals surface area (Å²) in [7, 11) is 1.92. The molecule has 1 aromatic carbocycles. The maximum absolute atomic E-state index is 12.6. The van der Waals surface area contributed by atoms with Crippen LogP contribution in [0, 0.1) is 11.3 Å². The van der Waals surface area contributed by atoms with Gasteiger partial charge in [-0.15, -0.1) is 0 Å². The third-order valence-electron chi connectivity index (χ3n) is 5.41. The maximum atomic E-state index is 12.6. The average molecular weight is 294 g/mol. The summed E-state index contributed by atoms with van der Waals surface area (Å²) in [5.74, 6) is 0.129. The Kier molecular flexibility index (Phi) is 2.85. The molecule has 3 aliphatic heterocycles. The fourth-order valence-corrected chi connectivity index (χ4v) is 4.35. The molecule has 4 rings (SSSR count). The van der Waals surface area contributed by atoms with E-state index in [4.69, 9.17) is 5.26 Å². The molecule has 1 fully saturated rings. The molecule has 1 aromatic rings. The number of rotatable bonds is 0. The zero-order chi connectivity index (χ0) is 15.3. The quantitative estimate of drug-likeness (QED) is 0.724. The Morgan fingerprint density at radius 1 is 1.45 bits per heavy atom. The van der Waals surface area contributed by atoms with Crippen LogP contribution in [0.5, 0.6) is 0 Å². The number of likely N-dealkylation sites (N-methyl/N-ethyl adjacent to an activating group) is 1. The van der Waals surface area contributed by atoms with Crippen LogP contribution in [-0.2, 0) is 16.8 Å². The van der Waals surface area contributed by atoms with Crippen LogP contribution < -0.4 is 0 Å². The van der Waals surface area contributed by atoms with E-state index < -0.39 is 0 Å². The minimum Gasteiger partial charge on any atom is -0.334 e. The third-order valence-corrected chi connectivity index (χ3v) is 5.41. The lowest BCUT2D eigenvalue weighted by atomic mass is 9.70. The van der Waals surface area contributed by atoms with Gasteiger partial charge in [0.25, 0.3) is 0 Å². The van der Waals surface area contributed by atoms with Crippen molar-refractivity contribution in [1.29, 1.82) is 5.26 Å². The molecular weight excluding hydrogens is 276 g/mol. The summed E-state index contributed by atoms with van der Waals surface area (Å²) in [6, 6.07) is 8.12. The molecule has 2 unspecified atom stereocenters. The highest BCUT2D eigenvalue weighted by molar-refractivity contribution is 5.85. The highest BCUT2D eigenvalue weighted by Crippen LogP contribution is 2.46. The standard InChI is InChI=1S/C17H18N4O/c1-20-16(22)8-13-7-12(9-18)3-4-14(13)17(20)5-2-6-21-11-19-10-15(17)21/h3-4,7,10,15H,2,5-6,8,11H2,1H3. The molecule has 22 heavy (non-hydrogen) atoms. The Morgan fingerprint density at radius 2 is 2.32 bits per heavy atom. The van der Waals surface area contributed by atoms with Crippen molar-refractivity contribution in [2.24, 2.45) is 4.99 Å². The molecule has 1 saturated heterocycles. The molecule has 0 saturated carbocycles. The van der Waals surface area contributed by atoms with Gasteiger partial charge in [-0.2, -0.15) is 5.26 Å². The van der Waals surface area contributed by atoms with Crippen molar-refractivity contribution in [2.45, 2.75) is 30.8 Å². The van der Waals surface area contributed by atoms with E-state index in [1.807, 2.05) is 36.4 Å². The van der Waals surface area contributed by atoms with Crippen molar-refractivity contribution in [3.63, 3.8) is 0 Å². The number of fused-ring (bicyclic) bond motifs is 4. The number of nitrogens with zero attached hydrogens (tertiary/aromatic N) is 4. The first-order chi connectivity index (χ1) is 10.7. The molecule has 2 atom stereocenters. The number of hydrogen-bond acceptors (Lipinski definition) is 4. The van der Waals surface area contributed by atoms with Gasteiger partial charge in [0, 0.05) is 19.8 Å². The van der Waals surface area contributed by atoms with Crippen LogP contribution in [0.15, 0.2) is 23.2 Å². The van der Waals surface area contributed by atoms with E-state index in [-0.39, 0.29) is 17.5 Å². The third kappa shape index (κ3) is 1.62. The van der Waals surface area contributed by atoms with E-state index in [1.165, 1.54) is 5.56 Å². The summed E-state index contributed by atoms with van der Waals surface area (Å²) >= 11 is 0. The van der Waals surface area contributed by atoms with Gasteiger partial charge < -0.3 is 4.90 Å². The van der Waals surface area contributed by atoms with Gasteiger partial charge in [0.15, 0.2) is 0 Å². The highest BCUT2D eigenvalue weighted by atomic mass is 16.2. The molecule has 0 radical (unpaired) electrons. The maximum Gasteiger partial charge on any atom is 0.227 e. The van der Waals surface area contributed by atoms with Gasteiger partial charge in [-0.3, -0.25) is 14.7 Å². The Morgan fingerprint density at radius 3 is 3.14 bits per heavy atom. The van der Waals surface area contributed by atoms with E-state index in [0.717, 1.165) is 31.6 Å². The molecule has 5 heteroatoms. The van der Waals surface area contributed by atoms with E-state index in [0.29, 0.717) is 12.0 Å². The SMILES string of the molecule is CN1C(=O)Cc2cc(C#N)ccc2C12CCCN1CN=CC12. The van der Waals surface area contributed by atoms with Gasteiger partial charge in [0.2, 0.25) is 5.91 Å². The second-order valence-electron chi connectivity index (χ2n) is 6.37. The Labute approximate surface area is 129 Å².